The number of aliphatic hydroxyl groups excluding tert-OH is 1. The number of ketones is 1. The Morgan fingerprint density at radius 1 is 1.00 bits per heavy atom. The summed E-state index contributed by atoms with van der Waals surface area (Å²) < 4.78 is 20.1. The summed E-state index contributed by atoms with van der Waals surface area (Å²) in [4.78, 5) is 28.0. The average molecular weight is 584 g/mol. The highest BCUT2D eigenvalue weighted by molar-refractivity contribution is 8.00. The van der Waals surface area contributed by atoms with Gasteiger partial charge in [0.2, 0.25) is 5.13 Å². The molecule has 1 saturated heterocycles. The number of nitrogens with zero attached hydrogens (tertiary/aromatic N) is 3. The van der Waals surface area contributed by atoms with Crippen LogP contribution in [0.15, 0.2) is 101 Å². The van der Waals surface area contributed by atoms with Gasteiger partial charge < -0.3 is 9.84 Å². The molecule has 1 atom stereocenters. The van der Waals surface area contributed by atoms with Crippen molar-refractivity contribution < 1.29 is 23.8 Å². The minimum Gasteiger partial charge on any atom is -0.507 e. The number of fused-ring (bicyclic) bond motifs is 1. The van der Waals surface area contributed by atoms with Crippen LogP contribution in [0.4, 0.5) is 9.52 Å². The summed E-state index contributed by atoms with van der Waals surface area (Å²) in [5, 5.41) is 22.3. The first-order valence-corrected chi connectivity index (χ1v) is 14.4. The largest absolute Gasteiger partial charge is 0.507 e. The number of methoxy groups -OCH3 is 1. The van der Waals surface area contributed by atoms with E-state index >= 15 is 0 Å². The first kappa shape index (κ1) is 26.7. The van der Waals surface area contributed by atoms with Gasteiger partial charge in [-0.2, -0.15) is 0 Å². The first-order chi connectivity index (χ1) is 20.0. The number of benzene rings is 4. The summed E-state index contributed by atoms with van der Waals surface area (Å²) >= 11 is 2.67. The normalized spacial score (nSPS) is 16.4. The van der Waals surface area contributed by atoms with Gasteiger partial charge in [0.1, 0.15) is 5.76 Å². The molecular weight excluding hydrogens is 561 g/mol. The lowest BCUT2D eigenvalue weighted by Crippen LogP contribution is -2.29. The minimum absolute atomic E-state index is 0.0102. The molecule has 0 aliphatic carbocycles. The third kappa shape index (κ3) is 4.96. The van der Waals surface area contributed by atoms with Gasteiger partial charge in [0, 0.05) is 11.3 Å². The second kappa shape index (κ2) is 11.1. The molecule has 2 heterocycles. The summed E-state index contributed by atoms with van der Waals surface area (Å²) in [5.41, 5.74) is 1.61. The fourth-order valence-electron chi connectivity index (χ4n) is 4.87. The van der Waals surface area contributed by atoms with Crippen molar-refractivity contribution in [3.63, 3.8) is 0 Å². The van der Waals surface area contributed by atoms with E-state index in [4.69, 9.17) is 4.74 Å². The Morgan fingerprint density at radius 2 is 1.76 bits per heavy atom. The molecule has 4 aromatic carbocycles. The fraction of sp³-hybridized carbons (Fsp3) is 0.0968. The molecule has 41 heavy (non-hydrogen) atoms. The Balaban J connectivity index is 1.36. The highest BCUT2D eigenvalue weighted by Gasteiger charge is 2.48. The summed E-state index contributed by atoms with van der Waals surface area (Å²) in [6.07, 6.45) is 0. The van der Waals surface area contributed by atoms with Crippen LogP contribution >= 0.6 is 23.1 Å². The predicted molar refractivity (Wildman–Crippen MR) is 158 cm³/mol. The van der Waals surface area contributed by atoms with Gasteiger partial charge in [0.05, 0.1) is 18.7 Å². The summed E-state index contributed by atoms with van der Waals surface area (Å²) in [7, 11) is 1.33. The van der Waals surface area contributed by atoms with Crippen LogP contribution in [0.25, 0.3) is 16.5 Å². The van der Waals surface area contributed by atoms with Crippen molar-refractivity contribution in [3.05, 3.63) is 119 Å². The molecule has 7 nitrogen and oxygen atoms in total. The Hall–Kier alpha value is -4.54. The fourth-order valence-corrected chi connectivity index (χ4v) is 6.74. The van der Waals surface area contributed by atoms with Crippen molar-refractivity contribution in [1.82, 2.24) is 10.2 Å². The molecular formula is C31H22FN3O4S2. The van der Waals surface area contributed by atoms with Crippen molar-refractivity contribution in [2.24, 2.45) is 0 Å². The van der Waals surface area contributed by atoms with E-state index in [2.05, 4.69) is 34.5 Å². The van der Waals surface area contributed by atoms with E-state index in [1.165, 1.54) is 47.2 Å². The SMILES string of the molecule is COc1ccc(C(O)=C2C(=O)C(=O)N(c3nnc(SCc4cccc5ccccc45)s3)C2c2ccccc2)cc1F. The number of aliphatic hydroxyl groups is 1. The lowest BCUT2D eigenvalue weighted by Gasteiger charge is -2.22. The molecule has 0 spiro atoms. The van der Waals surface area contributed by atoms with Gasteiger partial charge in [-0.3, -0.25) is 14.5 Å². The van der Waals surface area contributed by atoms with Crippen LogP contribution in [0, 0.1) is 5.82 Å². The van der Waals surface area contributed by atoms with E-state index in [0.29, 0.717) is 15.7 Å². The maximum Gasteiger partial charge on any atom is 0.301 e. The average Bonchev–Trinajstić information content (AvgIpc) is 3.57. The van der Waals surface area contributed by atoms with Crippen LogP contribution in [0.1, 0.15) is 22.7 Å². The van der Waals surface area contributed by atoms with Gasteiger partial charge in [-0.05, 0) is 40.1 Å². The number of carbonyl (C=O) groups excluding carboxylic acids is 2. The van der Waals surface area contributed by atoms with E-state index in [1.807, 2.05) is 24.3 Å². The van der Waals surface area contributed by atoms with Crippen molar-refractivity contribution in [3.8, 4) is 5.75 Å². The van der Waals surface area contributed by atoms with Crippen LogP contribution in [0.2, 0.25) is 0 Å². The van der Waals surface area contributed by atoms with Crippen LogP contribution in [-0.4, -0.2) is 34.1 Å². The Morgan fingerprint density at radius 3 is 2.54 bits per heavy atom. The third-order valence-electron chi connectivity index (χ3n) is 6.82. The second-order valence-electron chi connectivity index (χ2n) is 9.21. The van der Waals surface area contributed by atoms with E-state index in [-0.39, 0.29) is 22.0 Å². The zero-order valence-corrected chi connectivity index (χ0v) is 23.3. The lowest BCUT2D eigenvalue weighted by molar-refractivity contribution is -0.132. The molecule has 1 aromatic heterocycles. The second-order valence-corrected chi connectivity index (χ2v) is 11.4. The number of carbonyl (C=O) groups is 2. The van der Waals surface area contributed by atoms with Gasteiger partial charge in [-0.15, -0.1) is 10.2 Å². The van der Waals surface area contributed by atoms with Crippen molar-refractivity contribution in [1.29, 1.82) is 0 Å². The number of amides is 1. The molecule has 1 unspecified atom stereocenters. The van der Waals surface area contributed by atoms with Gasteiger partial charge in [-0.1, -0.05) is 95.9 Å². The Labute approximate surface area is 242 Å². The molecule has 204 valence electrons. The van der Waals surface area contributed by atoms with Crippen LogP contribution in [0.3, 0.4) is 0 Å². The van der Waals surface area contributed by atoms with Gasteiger partial charge in [0.25, 0.3) is 5.78 Å². The number of aromatic nitrogens is 2. The van der Waals surface area contributed by atoms with Gasteiger partial charge in [0.15, 0.2) is 15.9 Å². The zero-order chi connectivity index (χ0) is 28.5. The zero-order valence-electron chi connectivity index (χ0n) is 21.7. The molecule has 6 rings (SSSR count). The predicted octanol–water partition coefficient (Wildman–Crippen LogP) is 6.76. The Bertz CT molecular complexity index is 1820. The minimum atomic E-state index is -0.981. The van der Waals surface area contributed by atoms with Crippen molar-refractivity contribution in [2.45, 2.75) is 16.1 Å². The summed E-state index contributed by atoms with van der Waals surface area (Å²) in [6, 6.07) is 26.0. The van der Waals surface area contributed by atoms with Gasteiger partial charge in [-0.25, -0.2) is 4.39 Å². The number of halogens is 1. The third-order valence-corrected chi connectivity index (χ3v) is 8.92. The molecule has 10 heteroatoms. The molecule has 0 radical (unpaired) electrons. The number of rotatable bonds is 7. The van der Waals surface area contributed by atoms with Crippen molar-refractivity contribution in [2.75, 3.05) is 12.0 Å². The molecule has 1 N–H and O–H groups in total. The van der Waals surface area contributed by atoms with E-state index in [0.717, 1.165) is 22.4 Å². The number of Topliss-reactive ketones (excluding diaryl/α,β-unsaturated/α-hetero) is 1. The molecule has 1 aliphatic heterocycles. The molecule has 1 amide bonds. The number of thioether (sulfide) groups is 1. The van der Waals surface area contributed by atoms with Crippen molar-refractivity contribution >= 4 is 56.5 Å². The quantitative estimate of drug-likeness (QED) is 0.0744. The van der Waals surface area contributed by atoms with Gasteiger partial charge >= 0.3 is 5.91 Å². The maximum atomic E-state index is 14.5. The summed E-state index contributed by atoms with van der Waals surface area (Å²) in [6.45, 7) is 0. The number of anilines is 1. The smallest absolute Gasteiger partial charge is 0.301 e. The molecule has 0 saturated carbocycles. The molecule has 1 fully saturated rings. The van der Waals surface area contributed by atoms with E-state index in [1.54, 1.807) is 24.3 Å². The number of hydrogen-bond donors (Lipinski definition) is 1. The van der Waals surface area contributed by atoms with Crippen LogP contribution in [0.5, 0.6) is 5.75 Å². The summed E-state index contributed by atoms with van der Waals surface area (Å²) in [5.74, 6) is -2.32. The van der Waals surface area contributed by atoms with E-state index < -0.39 is 29.3 Å². The standard InChI is InChI=1S/C31H22FN3O4S2/c1-39-24-15-14-20(16-23(24)32)27(36)25-26(19-9-3-2-4-10-19)35(29(38)28(25)37)30-33-34-31(41-30)40-17-21-12-7-11-18-8-5-6-13-22(18)21/h2-16,26,36H,17H2,1H3. The highest BCUT2D eigenvalue weighted by atomic mass is 32.2. The molecule has 1 aliphatic rings. The number of hydrogen-bond acceptors (Lipinski definition) is 8. The molecule has 0 bridgehead atoms. The monoisotopic (exact) mass is 583 g/mol. The highest BCUT2D eigenvalue weighted by Crippen LogP contribution is 2.44. The first-order valence-electron chi connectivity index (χ1n) is 12.6. The molecule has 5 aromatic rings. The lowest BCUT2D eigenvalue weighted by atomic mass is 9.95. The topological polar surface area (TPSA) is 92.6 Å². The van der Waals surface area contributed by atoms with Crippen LogP contribution < -0.4 is 9.64 Å². The Kier molecular flexibility index (Phi) is 7.25. The maximum absolute atomic E-state index is 14.5. The van der Waals surface area contributed by atoms with Crippen LogP contribution in [-0.2, 0) is 15.3 Å². The number of ether oxygens (including phenoxy) is 1. The van der Waals surface area contributed by atoms with E-state index in [9.17, 15) is 19.1 Å².